The Bertz CT molecular complexity index is 161. The van der Waals surface area contributed by atoms with Crippen LogP contribution in [-0.4, -0.2) is 54.9 Å². The van der Waals surface area contributed by atoms with Crippen LogP contribution < -0.4 is 0 Å². The summed E-state index contributed by atoms with van der Waals surface area (Å²) in [5.41, 5.74) is 0. The Labute approximate surface area is 87.1 Å². The molecule has 1 saturated heterocycles. The summed E-state index contributed by atoms with van der Waals surface area (Å²) in [6, 6.07) is 0.743. The number of nitrogens with zero attached hydrogens (tertiary/aromatic N) is 2. The normalized spacial score (nSPS) is 20.2. The fourth-order valence-corrected chi connectivity index (χ4v) is 2.31. The Morgan fingerprint density at radius 1 is 1.29 bits per heavy atom. The highest BCUT2D eigenvalue weighted by molar-refractivity contribution is 5.51. The predicted molar refractivity (Wildman–Crippen MR) is 58.4 cm³/mol. The number of rotatable bonds is 5. The minimum Gasteiger partial charge on any atom is -0.302 e. The first-order valence-electron chi connectivity index (χ1n) is 5.71. The van der Waals surface area contributed by atoms with E-state index in [1.54, 1.807) is 0 Å². The molecule has 1 heterocycles. The van der Waals surface area contributed by atoms with E-state index in [0.29, 0.717) is 6.54 Å². The van der Waals surface area contributed by atoms with Crippen molar-refractivity contribution in [2.75, 3.05) is 32.7 Å². The van der Waals surface area contributed by atoms with Crippen molar-refractivity contribution < 1.29 is 4.79 Å². The summed E-state index contributed by atoms with van der Waals surface area (Å²) in [5, 5.41) is 0. The lowest BCUT2D eigenvalue weighted by molar-refractivity contribution is -0.109. The van der Waals surface area contributed by atoms with Crippen molar-refractivity contribution in [3.63, 3.8) is 0 Å². The van der Waals surface area contributed by atoms with Gasteiger partial charge in [0.15, 0.2) is 0 Å². The monoisotopic (exact) mass is 198 g/mol. The third-order valence-electron chi connectivity index (χ3n) is 3.22. The first-order valence-corrected chi connectivity index (χ1v) is 5.71. The van der Waals surface area contributed by atoms with Crippen LogP contribution in [0.2, 0.25) is 0 Å². The highest BCUT2D eigenvalue weighted by Gasteiger charge is 2.22. The van der Waals surface area contributed by atoms with E-state index in [-0.39, 0.29) is 0 Å². The Balaban J connectivity index is 2.30. The van der Waals surface area contributed by atoms with Crippen LogP contribution in [0.1, 0.15) is 26.7 Å². The molecule has 0 saturated carbocycles. The van der Waals surface area contributed by atoms with Crippen LogP contribution in [0.3, 0.4) is 0 Å². The Kier molecular flexibility index (Phi) is 5.12. The maximum absolute atomic E-state index is 10.3. The molecule has 3 nitrogen and oxygen atoms in total. The van der Waals surface area contributed by atoms with Crippen molar-refractivity contribution >= 4 is 6.29 Å². The molecule has 0 aromatic rings. The van der Waals surface area contributed by atoms with E-state index in [2.05, 4.69) is 23.6 Å². The molecule has 1 fully saturated rings. The Morgan fingerprint density at radius 2 is 1.86 bits per heavy atom. The minimum absolute atomic E-state index is 0.616. The molecule has 0 radical (unpaired) electrons. The van der Waals surface area contributed by atoms with Gasteiger partial charge in [0.2, 0.25) is 0 Å². The van der Waals surface area contributed by atoms with Crippen molar-refractivity contribution in [1.82, 2.24) is 9.80 Å². The minimum atomic E-state index is 0.616. The molecular formula is C11H22N2O. The molecule has 1 aliphatic rings. The molecule has 0 N–H and O–H groups in total. The van der Waals surface area contributed by atoms with Gasteiger partial charge in [-0.05, 0) is 25.9 Å². The standard InChI is InChI=1S/C11H22N2O/c1-3-13(4-2)11-5-7-12(8-6-11)9-10-14/h10-11H,3-9H2,1-2H3. The fraction of sp³-hybridized carbons (Fsp3) is 0.909. The van der Waals surface area contributed by atoms with Crippen LogP contribution in [0, 0.1) is 0 Å². The predicted octanol–water partition coefficient (Wildman–Crippen LogP) is 0.991. The molecule has 82 valence electrons. The summed E-state index contributed by atoms with van der Waals surface area (Å²) in [7, 11) is 0. The quantitative estimate of drug-likeness (QED) is 0.616. The number of likely N-dealkylation sites (tertiary alicyclic amines) is 1. The van der Waals surface area contributed by atoms with Crippen molar-refractivity contribution in [2.45, 2.75) is 32.7 Å². The maximum atomic E-state index is 10.3. The largest absolute Gasteiger partial charge is 0.302 e. The third kappa shape index (κ3) is 3.07. The SMILES string of the molecule is CCN(CC)C1CCN(CC=O)CC1. The first kappa shape index (κ1) is 11.7. The van der Waals surface area contributed by atoms with Crippen LogP contribution >= 0.6 is 0 Å². The molecule has 0 aromatic carbocycles. The van der Waals surface area contributed by atoms with Gasteiger partial charge in [-0.3, -0.25) is 4.90 Å². The summed E-state index contributed by atoms with van der Waals surface area (Å²) in [4.78, 5) is 15.1. The molecule has 0 aliphatic carbocycles. The number of piperidine rings is 1. The lowest BCUT2D eigenvalue weighted by Gasteiger charge is -2.36. The number of carbonyl (C=O) groups is 1. The van der Waals surface area contributed by atoms with Crippen LogP contribution in [0.15, 0.2) is 0 Å². The Hall–Kier alpha value is -0.410. The molecular weight excluding hydrogens is 176 g/mol. The fourth-order valence-electron chi connectivity index (χ4n) is 2.31. The average molecular weight is 198 g/mol. The first-order chi connectivity index (χ1) is 6.81. The highest BCUT2D eigenvalue weighted by atomic mass is 16.1. The van der Waals surface area contributed by atoms with Gasteiger partial charge in [0.05, 0.1) is 6.54 Å². The summed E-state index contributed by atoms with van der Waals surface area (Å²) < 4.78 is 0. The topological polar surface area (TPSA) is 23.6 Å². The van der Waals surface area contributed by atoms with Crippen LogP contribution in [-0.2, 0) is 4.79 Å². The van der Waals surface area contributed by atoms with Gasteiger partial charge in [0.25, 0.3) is 0 Å². The molecule has 0 bridgehead atoms. The van der Waals surface area contributed by atoms with E-state index in [9.17, 15) is 4.79 Å². The van der Waals surface area contributed by atoms with Gasteiger partial charge in [-0.25, -0.2) is 0 Å². The highest BCUT2D eigenvalue weighted by Crippen LogP contribution is 2.15. The third-order valence-corrected chi connectivity index (χ3v) is 3.22. The van der Waals surface area contributed by atoms with Gasteiger partial charge in [-0.2, -0.15) is 0 Å². The average Bonchev–Trinajstić information content (AvgIpc) is 2.23. The van der Waals surface area contributed by atoms with E-state index in [1.165, 1.54) is 12.8 Å². The van der Waals surface area contributed by atoms with Gasteiger partial charge >= 0.3 is 0 Å². The van der Waals surface area contributed by atoms with Crippen LogP contribution in [0.4, 0.5) is 0 Å². The second-order valence-electron chi connectivity index (χ2n) is 3.92. The van der Waals surface area contributed by atoms with E-state index >= 15 is 0 Å². The summed E-state index contributed by atoms with van der Waals surface area (Å²) >= 11 is 0. The maximum Gasteiger partial charge on any atom is 0.133 e. The molecule has 3 heteroatoms. The van der Waals surface area contributed by atoms with Gasteiger partial charge in [0, 0.05) is 19.1 Å². The van der Waals surface area contributed by atoms with E-state index in [1.807, 2.05) is 0 Å². The second kappa shape index (κ2) is 6.14. The van der Waals surface area contributed by atoms with Crippen molar-refractivity contribution in [3.8, 4) is 0 Å². The summed E-state index contributed by atoms with van der Waals surface area (Å²) in [5.74, 6) is 0. The lowest BCUT2D eigenvalue weighted by atomic mass is 10.0. The number of carbonyl (C=O) groups excluding carboxylic acids is 1. The zero-order chi connectivity index (χ0) is 10.4. The van der Waals surface area contributed by atoms with E-state index in [4.69, 9.17) is 0 Å². The zero-order valence-corrected chi connectivity index (χ0v) is 9.41. The van der Waals surface area contributed by atoms with Crippen molar-refractivity contribution in [2.24, 2.45) is 0 Å². The smallest absolute Gasteiger partial charge is 0.133 e. The van der Waals surface area contributed by atoms with Crippen molar-refractivity contribution in [1.29, 1.82) is 0 Å². The molecule has 0 unspecified atom stereocenters. The molecule has 0 atom stereocenters. The molecule has 1 aliphatic heterocycles. The molecule has 0 aromatic heterocycles. The number of hydrogen-bond donors (Lipinski definition) is 0. The summed E-state index contributed by atoms with van der Waals surface area (Å²) in [6.45, 7) is 9.52. The molecule has 0 spiro atoms. The lowest BCUT2D eigenvalue weighted by Crippen LogP contribution is -2.45. The second-order valence-corrected chi connectivity index (χ2v) is 3.92. The summed E-state index contributed by atoms with van der Waals surface area (Å²) in [6.07, 6.45) is 3.45. The number of hydrogen-bond acceptors (Lipinski definition) is 3. The zero-order valence-electron chi connectivity index (χ0n) is 9.41. The number of aldehydes is 1. The van der Waals surface area contributed by atoms with Gasteiger partial charge < -0.3 is 9.69 Å². The Morgan fingerprint density at radius 3 is 2.29 bits per heavy atom. The molecule has 1 rings (SSSR count). The van der Waals surface area contributed by atoms with Crippen LogP contribution in [0.25, 0.3) is 0 Å². The van der Waals surface area contributed by atoms with Gasteiger partial charge in [-0.1, -0.05) is 13.8 Å². The van der Waals surface area contributed by atoms with Crippen LogP contribution in [0.5, 0.6) is 0 Å². The van der Waals surface area contributed by atoms with Gasteiger partial charge in [-0.15, -0.1) is 0 Å². The molecule has 0 amide bonds. The molecule has 14 heavy (non-hydrogen) atoms. The van der Waals surface area contributed by atoms with E-state index < -0.39 is 0 Å². The van der Waals surface area contributed by atoms with E-state index in [0.717, 1.165) is 38.5 Å². The van der Waals surface area contributed by atoms with Crippen molar-refractivity contribution in [3.05, 3.63) is 0 Å². The van der Waals surface area contributed by atoms with Gasteiger partial charge in [0.1, 0.15) is 6.29 Å².